The summed E-state index contributed by atoms with van der Waals surface area (Å²) < 4.78 is 0. The number of amides is 2. The third kappa shape index (κ3) is 5.70. The van der Waals surface area contributed by atoms with Crippen molar-refractivity contribution in [3.05, 3.63) is 30.3 Å². The molecule has 0 spiro atoms. The fraction of sp³-hybridized carbons (Fsp3) is 0.579. The first-order chi connectivity index (χ1) is 11.2. The summed E-state index contributed by atoms with van der Waals surface area (Å²) in [6.45, 7) is 1.86. The Morgan fingerprint density at radius 3 is 2.30 bits per heavy atom. The maximum absolute atomic E-state index is 12.1. The Morgan fingerprint density at radius 2 is 1.61 bits per heavy atom. The van der Waals surface area contributed by atoms with E-state index in [0.717, 1.165) is 50.9 Å². The van der Waals surface area contributed by atoms with E-state index in [0.29, 0.717) is 12.8 Å². The number of unbranched alkanes of at least 4 members (excludes halogenated alkanes) is 2. The monoisotopic (exact) mass is 316 g/mol. The van der Waals surface area contributed by atoms with E-state index in [9.17, 15) is 9.59 Å². The minimum Gasteiger partial charge on any atom is -0.343 e. The van der Waals surface area contributed by atoms with E-state index < -0.39 is 0 Å². The average molecular weight is 316 g/mol. The molecule has 2 amide bonds. The van der Waals surface area contributed by atoms with Crippen LogP contribution in [0, 0.1) is 0 Å². The second-order valence-electron chi connectivity index (χ2n) is 6.29. The fourth-order valence-corrected chi connectivity index (χ4v) is 2.99. The van der Waals surface area contributed by atoms with Crippen LogP contribution in [0.2, 0.25) is 0 Å². The zero-order chi connectivity index (χ0) is 16.5. The molecule has 1 aliphatic rings. The molecule has 1 aliphatic heterocycles. The summed E-state index contributed by atoms with van der Waals surface area (Å²) in [7, 11) is 1.82. The number of anilines is 1. The Morgan fingerprint density at radius 1 is 0.957 bits per heavy atom. The summed E-state index contributed by atoms with van der Waals surface area (Å²) in [5.41, 5.74) is 0.928. The van der Waals surface area contributed by atoms with Gasteiger partial charge in [-0.25, -0.2) is 0 Å². The SMILES string of the molecule is CN(C(=O)CCCCCC(=O)N1CCCCC1)c1ccccc1. The van der Waals surface area contributed by atoms with Crippen molar-refractivity contribution in [1.82, 2.24) is 4.90 Å². The number of carbonyl (C=O) groups excluding carboxylic acids is 2. The van der Waals surface area contributed by atoms with Crippen LogP contribution in [0.5, 0.6) is 0 Å². The summed E-state index contributed by atoms with van der Waals surface area (Å²) in [5, 5.41) is 0. The number of hydrogen-bond acceptors (Lipinski definition) is 2. The predicted octanol–water partition coefficient (Wildman–Crippen LogP) is 3.61. The normalized spacial score (nSPS) is 14.6. The second-order valence-corrected chi connectivity index (χ2v) is 6.29. The molecule has 0 saturated carbocycles. The third-order valence-corrected chi connectivity index (χ3v) is 4.51. The number of piperidine rings is 1. The maximum atomic E-state index is 12.1. The standard InChI is InChI=1S/C19H28N2O2/c1-20(17-11-5-2-6-12-17)18(22)13-7-3-8-14-19(23)21-15-9-4-10-16-21/h2,5-6,11-12H,3-4,7-10,13-16H2,1H3. The van der Waals surface area contributed by atoms with Crippen LogP contribution in [0.4, 0.5) is 5.69 Å². The van der Waals surface area contributed by atoms with Gasteiger partial charge in [0.2, 0.25) is 11.8 Å². The zero-order valence-corrected chi connectivity index (χ0v) is 14.2. The van der Waals surface area contributed by atoms with Crippen LogP contribution in [0.3, 0.4) is 0 Å². The Bertz CT molecular complexity index is 495. The van der Waals surface area contributed by atoms with Gasteiger partial charge in [-0.05, 0) is 44.2 Å². The van der Waals surface area contributed by atoms with Gasteiger partial charge in [-0.1, -0.05) is 24.6 Å². The molecule has 1 aromatic carbocycles. The van der Waals surface area contributed by atoms with E-state index in [1.54, 1.807) is 4.90 Å². The van der Waals surface area contributed by atoms with Crippen LogP contribution in [0.1, 0.15) is 51.4 Å². The van der Waals surface area contributed by atoms with Crippen molar-refractivity contribution in [2.45, 2.75) is 51.4 Å². The molecular formula is C19H28N2O2. The van der Waals surface area contributed by atoms with Gasteiger partial charge in [-0.3, -0.25) is 9.59 Å². The van der Waals surface area contributed by atoms with Crippen molar-refractivity contribution < 1.29 is 9.59 Å². The summed E-state index contributed by atoms with van der Waals surface area (Å²) in [5.74, 6) is 0.427. The zero-order valence-electron chi connectivity index (χ0n) is 14.2. The number of hydrogen-bond donors (Lipinski definition) is 0. The largest absolute Gasteiger partial charge is 0.343 e. The molecule has 1 aromatic rings. The van der Waals surface area contributed by atoms with E-state index >= 15 is 0 Å². The second kappa shape index (κ2) is 9.33. The lowest BCUT2D eigenvalue weighted by atomic mass is 10.1. The van der Waals surface area contributed by atoms with E-state index in [1.807, 2.05) is 42.3 Å². The highest BCUT2D eigenvalue weighted by Gasteiger charge is 2.16. The number of nitrogens with zero attached hydrogens (tertiary/aromatic N) is 2. The van der Waals surface area contributed by atoms with Crippen molar-refractivity contribution in [2.75, 3.05) is 25.0 Å². The van der Waals surface area contributed by atoms with Gasteiger partial charge >= 0.3 is 0 Å². The lowest BCUT2D eigenvalue weighted by Gasteiger charge is -2.26. The van der Waals surface area contributed by atoms with Gasteiger partial charge in [-0.15, -0.1) is 0 Å². The van der Waals surface area contributed by atoms with Crippen molar-refractivity contribution in [1.29, 1.82) is 0 Å². The Labute approximate surface area is 139 Å². The van der Waals surface area contributed by atoms with Crippen LogP contribution in [-0.2, 0) is 9.59 Å². The molecule has 4 nitrogen and oxygen atoms in total. The van der Waals surface area contributed by atoms with E-state index in [4.69, 9.17) is 0 Å². The highest BCUT2D eigenvalue weighted by Crippen LogP contribution is 2.15. The van der Waals surface area contributed by atoms with Crippen LogP contribution in [-0.4, -0.2) is 36.9 Å². The van der Waals surface area contributed by atoms with Gasteiger partial charge in [0, 0.05) is 38.7 Å². The number of rotatable bonds is 7. The summed E-state index contributed by atoms with van der Waals surface area (Å²) in [6, 6.07) is 9.70. The van der Waals surface area contributed by atoms with Crippen molar-refractivity contribution >= 4 is 17.5 Å². The van der Waals surface area contributed by atoms with Gasteiger partial charge in [-0.2, -0.15) is 0 Å². The maximum Gasteiger partial charge on any atom is 0.226 e. The molecule has 1 saturated heterocycles. The predicted molar refractivity (Wildman–Crippen MR) is 93.4 cm³/mol. The molecule has 0 aromatic heterocycles. The highest BCUT2D eigenvalue weighted by molar-refractivity contribution is 5.92. The Kier molecular flexibility index (Phi) is 7.11. The molecule has 23 heavy (non-hydrogen) atoms. The van der Waals surface area contributed by atoms with Gasteiger partial charge in [0.1, 0.15) is 0 Å². The Hall–Kier alpha value is -1.84. The quantitative estimate of drug-likeness (QED) is 0.721. The van der Waals surface area contributed by atoms with Crippen molar-refractivity contribution in [3.63, 3.8) is 0 Å². The van der Waals surface area contributed by atoms with Gasteiger partial charge in [0.05, 0.1) is 0 Å². The first-order valence-electron chi connectivity index (χ1n) is 8.78. The van der Waals surface area contributed by atoms with Crippen molar-refractivity contribution in [3.8, 4) is 0 Å². The number of para-hydroxylation sites is 1. The molecule has 0 aliphatic carbocycles. The number of carbonyl (C=O) groups is 2. The van der Waals surface area contributed by atoms with Gasteiger partial charge < -0.3 is 9.80 Å². The van der Waals surface area contributed by atoms with Crippen LogP contribution in [0.15, 0.2) is 30.3 Å². The summed E-state index contributed by atoms with van der Waals surface area (Å²) in [4.78, 5) is 27.9. The van der Waals surface area contributed by atoms with Gasteiger partial charge in [0.15, 0.2) is 0 Å². The molecule has 0 radical (unpaired) electrons. The van der Waals surface area contributed by atoms with E-state index in [1.165, 1.54) is 6.42 Å². The van der Waals surface area contributed by atoms with Crippen LogP contribution >= 0.6 is 0 Å². The van der Waals surface area contributed by atoms with E-state index in [2.05, 4.69) is 0 Å². The minimum absolute atomic E-state index is 0.138. The van der Waals surface area contributed by atoms with Crippen LogP contribution in [0.25, 0.3) is 0 Å². The van der Waals surface area contributed by atoms with E-state index in [-0.39, 0.29) is 11.8 Å². The molecule has 0 bridgehead atoms. The summed E-state index contributed by atoms with van der Waals surface area (Å²) >= 11 is 0. The molecule has 1 heterocycles. The molecule has 4 heteroatoms. The fourth-order valence-electron chi connectivity index (χ4n) is 2.99. The minimum atomic E-state index is 0.138. The van der Waals surface area contributed by atoms with Crippen LogP contribution < -0.4 is 4.90 Å². The molecule has 0 N–H and O–H groups in total. The molecule has 0 unspecified atom stereocenters. The first-order valence-corrected chi connectivity index (χ1v) is 8.78. The molecular weight excluding hydrogens is 288 g/mol. The van der Waals surface area contributed by atoms with Gasteiger partial charge in [0.25, 0.3) is 0 Å². The Balaban J connectivity index is 1.59. The summed E-state index contributed by atoms with van der Waals surface area (Å²) in [6.07, 6.45) is 7.39. The number of benzene rings is 1. The average Bonchev–Trinajstić information content (AvgIpc) is 2.62. The number of likely N-dealkylation sites (tertiary alicyclic amines) is 1. The van der Waals surface area contributed by atoms with Crippen molar-refractivity contribution in [2.24, 2.45) is 0 Å². The topological polar surface area (TPSA) is 40.6 Å². The molecule has 0 atom stereocenters. The first kappa shape index (κ1) is 17.5. The molecule has 2 rings (SSSR count). The third-order valence-electron chi connectivity index (χ3n) is 4.51. The highest BCUT2D eigenvalue weighted by atomic mass is 16.2. The lowest BCUT2D eigenvalue weighted by Crippen LogP contribution is -2.35. The lowest BCUT2D eigenvalue weighted by molar-refractivity contribution is -0.132. The molecule has 126 valence electrons. The smallest absolute Gasteiger partial charge is 0.226 e. The molecule has 1 fully saturated rings.